The summed E-state index contributed by atoms with van der Waals surface area (Å²) in [5.74, 6) is 0.0978. The van der Waals surface area contributed by atoms with Gasteiger partial charge in [-0.25, -0.2) is 4.98 Å². The second-order valence-electron chi connectivity index (χ2n) is 5.08. The average molecular weight is 316 g/mol. The highest BCUT2D eigenvalue weighted by atomic mass is 35.5. The summed E-state index contributed by atoms with van der Waals surface area (Å²) in [6.45, 7) is 0.967. The number of imidazole rings is 1. The van der Waals surface area contributed by atoms with Crippen LogP contribution in [0.15, 0.2) is 6.33 Å². The summed E-state index contributed by atoms with van der Waals surface area (Å²) in [5.41, 5.74) is 4.64. The zero-order valence-corrected chi connectivity index (χ0v) is 11.8. The number of anilines is 1. The van der Waals surface area contributed by atoms with E-state index < -0.39 is 30.6 Å². The number of nitrogens with two attached hydrogens (primary N) is 1. The van der Waals surface area contributed by atoms with E-state index in [9.17, 15) is 15.3 Å². The SMILES string of the molecule is C[C@]1(O)C(O)[C@@H](CO)O[C@H]1n1cnc2c(N)nc(Cl)nc21. The number of fused-ring (bicyclic) bond motifs is 1. The first-order valence-corrected chi connectivity index (χ1v) is 6.56. The van der Waals surface area contributed by atoms with E-state index in [4.69, 9.17) is 22.1 Å². The number of halogens is 1. The van der Waals surface area contributed by atoms with Crippen LogP contribution in [-0.2, 0) is 4.74 Å². The Hall–Kier alpha value is -1.52. The number of hydrogen-bond donors (Lipinski definition) is 4. The zero-order valence-electron chi connectivity index (χ0n) is 11.0. The number of hydrogen-bond acceptors (Lipinski definition) is 8. The average Bonchev–Trinajstić information content (AvgIpc) is 2.91. The lowest BCUT2D eigenvalue weighted by Crippen LogP contribution is -2.44. The Morgan fingerprint density at radius 2 is 2.24 bits per heavy atom. The minimum atomic E-state index is -1.65. The fourth-order valence-electron chi connectivity index (χ4n) is 2.47. The summed E-state index contributed by atoms with van der Waals surface area (Å²) in [7, 11) is 0. The van der Waals surface area contributed by atoms with Crippen molar-refractivity contribution in [1.82, 2.24) is 19.5 Å². The van der Waals surface area contributed by atoms with Crippen molar-refractivity contribution in [3.63, 3.8) is 0 Å². The lowest BCUT2D eigenvalue weighted by molar-refractivity contribution is -0.0950. The Labute approximate surface area is 124 Å². The van der Waals surface area contributed by atoms with Crippen molar-refractivity contribution >= 4 is 28.6 Å². The minimum absolute atomic E-state index is 0.0707. The monoisotopic (exact) mass is 315 g/mol. The van der Waals surface area contributed by atoms with Crippen LogP contribution in [0.1, 0.15) is 13.2 Å². The molecular weight excluding hydrogens is 302 g/mol. The summed E-state index contributed by atoms with van der Waals surface area (Å²) in [5, 5.41) is 29.6. The molecule has 0 radical (unpaired) electrons. The van der Waals surface area contributed by atoms with Crippen LogP contribution in [-0.4, -0.2) is 59.3 Å². The smallest absolute Gasteiger partial charge is 0.226 e. The summed E-state index contributed by atoms with van der Waals surface area (Å²) < 4.78 is 6.90. The van der Waals surface area contributed by atoms with E-state index in [-0.39, 0.29) is 16.7 Å². The van der Waals surface area contributed by atoms with Crippen LogP contribution in [0.4, 0.5) is 5.82 Å². The van der Waals surface area contributed by atoms with Crippen LogP contribution in [0.2, 0.25) is 5.28 Å². The molecule has 10 heteroatoms. The number of nitrogens with zero attached hydrogens (tertiary/aromatic N) is 4. The Morgan fingerprint density at radius 3 is 2.86 bits per heavy atom. The van der Waals surface area contributed by atoms with Crippen LogP contribution >= 0.6 is 11.6 Å². The molecule has 4 atom stereocenters. The van der Waals surface area contributed by atoms with Crippen molar-refractivity contribution in [2.75, 3.05) is 12.3 Å². The Kier molecular flexibility index (Phi) is 3.26. The third-order valence-corrected chi connectivity index (χ3v) is 3.78. The molecule has 5 N–H and O–H groups in total. The minimum Gasteiger partial charge on any atom is -0.394 e. The first-order valence-electron chi connectivity index (χ1n) is 6.18. The molecule has 2 aromatic heterocycles. The van der Waals surface area contributed by atoms with Gasteiger partial charge in [0, 0.05) is 0 Å². The van der Waals surface area contributed by atoms with Gasteiger partial charge in [-0.3, -0.25) is 4.57 Å². The van der Waals surface area contributed by atoms with Gasteiger partial charge in [0.25, 0.3) is 0 Å². The van der Waals surface area contributed by atoms with Crippen molar-refractivity contribution in [3.8, 4) is 0 Å². The van der Waals surface area contributed by atoms with Gasteiger partial charge in [0.15, 0.2) is 17.7 Å². The van der Waals surface area contributed by atoms with Gasteiger partial charge in [-0.15, -0.1) is 0 Å². The molecule has 21 heavy (non-hydrogen) atoms. The summed E-state index contributed by atoms with van der Waals surface area (Å²) in [4.78, 5) is 11.9. The van der Waals surface area contributed by atoms with E-state index in [2.05, 4.69) is 15.0 Å². The molecule has 0 bridgehead atoms. The van der Waals surface area contributed by atoms with Crippen LogP contribution in [0, 0.1) is 0 Å². The highest BCUT2D eigenvalue weighted by Gasteiger charge is 2.53. The Balaban J connectivity index is 2.13. The van der Waals surface area contributed by atoms with E-state index in [0.29, 0.717) is 5.52 Å². The van der Waals surface area contributed by atoms with Crippen molar-refractivity contribution in [2.24, 2.45) is 0 Å². The van der Waals surface area contributed by atoms with E-state index in [1.165, 1.54) is 17.8 Å². The van der Waals surface area contributed by atoms with Crippen LogP contribution in [0.25, 0.3) is 11.2 Å². The Morgan fingerprint density at radius 1 is 1.52 bits per heavy atom. The van der Waals surface area contributed by atoms with Gasteiger partial charge >= 0.3 is 0 Å². The van der Waals surface area contributed by atoms with Crippen LogP contribution in [0.3, 0.4) is 0 Å². The van der Waals surface area contributed by atoms with Crippen molar-refractivity contribution in [1.29, 1.82) is 0 Å². The summed E-state index contributed by atoms with van der Waals surface area (Å²) in [6.07, 6.45) is -1.82. The summed E-state index contributed by atoms with van der Waals surface area (Å²) >= 11 is 5.78. The molecule has 0 saturated carbocycles. The maximum absolute atomic E-state index is 10.5. The van der Waals surface area contributed by atoms with E-state index in [1.807, 2.05) is 0 Å². The molecule has 0 aliphatic carbocycles. The maximum Gasteiger partial charge on any atom is 0.226 e. The second-order valence-corrected chi connectivity index (χ2v) is 5.42. The summed E-state index contributed by atoms with van der Waals surface area (Å²) in [6, 6.07) is 0. The van der Waals surface area contributed by atoms with Gasteiger partial charge in [0.2, 0.25) is 5.28 Å². The standard InChI is InChI=1S/C11H14ClN5O4/c1-11(20)6(19)4(2-18)21-9(11)17-3-14-5-7(13)15-10(12)16-8(5)17/h3-4,6,9,18-20H,2H2,1H3,(H2,13,15,16)/t4-,6?,9-,11+/m1/s1. The van der Waals surface area contributed by atoms with Gasteiger partial charge < -0.3 is 25.8 Å². The van der Waals surface area contributed by atoms with Gasteiger partial charge in [-0.2, -0.15) is 9.97 Å². The fraction of sp³-hybridized carbons (Fsp3) is 0.545. The van der Waals surface area contributed by atoms with Crippen molar-refractivity contribution in [3.05, 3.63) is 11.6 Å². The molecule has 2 aromatic rings. The number of aliphatic hydroxyl groups excluding tert-OH is 2. The number of aliphatic hydroxyl groups is 3. The molecule has 0 spiro atoms. The molecule has 1 unspecified atom stereocenters. The molecule has 0 amide bonds. The molecule has 0 aromatic carbocycles. The number of aromatic nitrogens is 4. The molecule has 1 aliphatic rings. The van der Waals surface area contributed by atoms with E-state index in [1.54, 1.807) is 0 Å². The normalized spacial score (nSPS) is 32.9. The molecule has 1 saturated heterocycles. The quantitative estimate of drug-likeness (QED) is 0.521. The molecule has 1 aliphatic heterocycles. The lowest BCUT2D eigenvalue weighted by Gasteiger charge is -2.27. The third kappa shape index (κ3) is 2.05. The molecular formula is C11H14ClN5O4. The first-order chi connectivity index (χ1) is 9.86. The van der Waals surface area contributed by atoms with Crippen LogP contribution in [0.5, 0.6) is 0 Å². The zero-order chi connectivity index (χ0) is 15.4. The van der Waals surface area contributed by atoms with E-state index in [0.717, 1.165) is 0 Å². The highest BCUT2D eigenvalue weighted by molar-refractivity contribution is 6.28. The number of ether oxygens (including phenoxy) is 1. The van der Waals surface area contributed by atoms with Crippen molar-refractivity contribution in [2.45, 2.75) is 31.0 Å². The van der Waals surface area contributed by atoms with Gasteiger partial charge in [0.05, 0.1) is 12.9 Å². The Bertz CT molecular complexity index is 691. The van der Waals surface area contributed by atoms with Gasteiger partial charge in [-0.1, -0.05) is 0 Å². The fourth-order valence-corrected chi connectivity index (χ4v) is 2.64. The number of nitrogen functional groups attached to an aromatic ring is 1. The third-order valence-electron chi connectivity index (χ3n) is 3.61. The van der Waals surface area contributed by atoms with Gasteiger partial charge in [-0.05, 0) is 18.5 Å². The topological polar surface area (TPSA) is 140 Å². The second kappa shape index (κ2) is 4.75. The molecule has 3 rings (SSSR count). The predicted molar refractivity (Wildman–Crippen MR) is 72.4 cm³/mol. The predicted octanol–water partition coefficient (Wildman–Crippen LogP) is -0.937. The lowest BCUT2D eigenvalue weighted by atomic mass is 9.96. The first kappa shape index (κ1) is 14.4. The molecule has 3 heterocycles. The number of rotatable bonds is 2. The molecule has 9 nitrogen and oxygen atoms in total. The van der Waals surface area contributed by atoms with Crippen LogP contribution < -0.4 is 5.73 Å². The molecule has 1 fully saturated rings. The maximum atomic E-state index is 10.5. The molecule has 114 valence electrons. The van der Waals surface area contributed by atoms with Crippen molar-refractivity contribution < 1.29 is 20.1 Å². The highest BCUT2D eigenvalue weighted by Crippen LogP contribution is 2.39. The van der Waals surface area contributed by atoms with E-state index >= 15 is 0 Å². The largest absolute Gasteiger partial charge is 0.394 e. The van der Waals surface area contributed by atoms with Gasteiger partial charge in [0.1, 0.15) is 23.3 Å².